The van der Waals surface area contributed by atoms with Crippen LogP contribution in [-0.2, 0) is 4.74 Å². The minimum absolute atomic E-state index is 0.159. The summed E-state index contributed by atoms with van der Waals surface area (Å²) in [6, 6.07) is 3.97. The van der Waals surface area contributed by atoms with Gasteiger partial charge in [-0.2, -0.15) is 0 Å². The average Bonchev–Trinajstić information content (AvgIpc) is 2.38. The second-order valence-electron chi connectivity index (χ2n) is 3.35. The monoisotopic (exact) mass is 232 g/mol. The van der Waals surface area contributed by atoms with Crippen LogP contribution in [0.2, 0.25) is 0 Å². The summed E-state index contributed by atoms with van der Waals surface area (Å²) >= 11 is 0. The van der Waals surface area contributed by atoms with Gasteiger partial charge in [0.1, 0.15) is 12.1 Å². The Morgan fingerprint density at radius 1 is 1.18 bits per heavy atom. The summed E-state index contributed by atoms with van der Waals surface area (Å²) in [5.74, 6) is -1.09. The summed E-state index contributed by atoms with van der Waals surface area (Å²) in [5, 5.41) is 0. The van der Waals surface area contributed by atoms with Gasteiger partial charge in [0.25, 0.3) is 0 Å². The van der Waals surface area contributed by atoms with Crippen LogP contribution in [-0.4, -0.2) is 23.0 Å². The van der Waals surface area contributed by atoms with E-state index in [2.05, 4.69) is 14.7 Å². The number of hydrogen-bond acceptors (Lipinski definition) is 4. The summed E-state index contributed by atoms with van der Waals surface area (Å²) in [5.41, 5.74) is 1.33. The molecule has 0 atom stereocenters. The molecule has 0 saturated heterocycles. The molecular weight excluding hydrogens is 223 g/mol. The number of carbonyl (C=O) groups excluding carboxylic acids is 1. The van der Waals surface area contributed by atoms with Crippen molar-refractivity contribution in [2.45, 2.75) is 0 Å². The van der Waals surface area contributed by atoms with Gasteiger partial charge in [-0.1, -0.05) is 0 Å². The summed E-state index contributed by atoms with van der Waals surface area (Å²) in [6.45, 7) is 0. The molecule has 0 aliphatic heterocycles. The van der Waals surface area contributed by atoms with E-state index in [1.54, 1.807) is 12.4 Å². The Morgan fingerprint density at radius 3 is 2.53 bits per heavy atom. The van der Waals surface area contributed by atoms with Crippen LogP contribution in [0.1, 0.15) is 10.4 Å². The first-order valence-corrected chi connectivity index (χ1v) is 4.85. The fourth-order valence-electron chi connectivity index (χ4n) is 1.44. The molecular formula is C12H9FN2O2. The van der Waals surface area contributed by atoms with Crippen LogP contribution < -0.4 is 0 Å². The summed E-state index contributed by atoms with van der Waals surface area (Å²) in [7, 11) is 1.25. The van der Waals surface area contributed by atoms with Crippen molar-refractivity contribution >= 4 is 5.97 Å². The fourth-order valence-corrected chi connectivity index (χ4v) is 1.44. The lowest BCUT2D eigenvalue weighted by atomic mass is 10.1. The molecule has 17 heavy (non-hydrogen) atoms. The maximum absolute atomic E-state index is 13.4. The van der Waals surface area contributed by atoms with Gasteiger partial charge in [0, 0.05) is 18.0 Å². The molecule has 0 saturated carbocycles. The first-order chi connectivity index (χ1) is 8.20. The molecule has 0 spiro atoms. The normalized spacial score (nSPS) is 10.0. The highest BCUT2D eigenvalue weighted by Crippen LogP contribution is 2.20. The van der Waals surface area contributed by atoms with Crippen LogP contribution in [0.25, 0.3) is 11.1 Å². The zero-order valence-corrected chi connectivity index (χ0v) is 9.05. The molecule has 1 aromatic heterocycles. The number of hydrogen-bond donors (Lipinski definition) is 0. The molecule has 0 aliphatic carbocycles. The molecule has 0 unspecified atom stereocenters. The van der Waals surface area contributed by atoms with E-state index in [1.807, 2.05) is 0 Å². The minimum atomic E-state index is -0.581. The van der Waals surface area contributed by atoms with Crippen molar-refractivity contribution in [2.75, 3.05) is 7.11 Å². The maximum atomic E-state index is 13.4. The standard InChI is InChI=1S/C12H9FN2O2/c1-17-12(16)9-2-8(3-11(13)4-9)10-5-14-7-15-6-10/h2-7H,1H3. The lowest BCUT2D eigenvalue weighted by Gasteiger charge is -2.04. The molecule has 1 aromatic carbocycles. The van der Waals surface area contributed by atoms with Crippen LogP contribution >= 0.6 is 0 Å². The van der Waals surface area contributed by atoms with E-state index in [-0.39, 0.29) is 5.56 Å². The first-order valence-electron chi connectivity index (χ1n) is 4.85. The molecule has 0 fully saturated rings. The number of rotatable bonds is 2. The number of carbonyl (C=O) groups is 1. The topological polar surface area (TPSA) is 52.1 Å². The number of benzene rings is 1. The number of aromatic nitrogens is 2. The van der Waals surface area contributed by atoms with Gasteiger partial charge < -0.3 is 4.74 Å². The van der Waals surface area contributed by atoms with Crippen molar-refractivity contribution < 1.29 is 13.9 Å². The molecule has 4 nitrogen and oxygen atoms in total. The molecule has 0 N–H and O–H groups in total. The van der Waals surface area contributed by atoms with Crippen LogP contribution in [0.5, 0.6) is 0 Å². The molecule has 0 bridgehead atoms. The van der Waals surface area contributed by atoms with Gasteiger partial charge >= 0.3 is 5.97 Å². The van der Waals surface area contributed by atoms with Gasteiger partial charge in [0.05, 0.1) is 12.7 Å². The van der Waals surface area contributed by atoms with Crippen LogP contribution in [0, 0.1) is 5.82 Å². The van der Waals surface area contributed by atoms with Crippen molar-refractivity contribution in [3.05, 3.63) is 48.3 Å². The number of methoxy groups -OCH3 is 1. The minimum Gasteiger partial charge on any atom is -0.465 e. The van der Waals surface area contributed by atoms with E-state index >= 15 is 0 Å². The van der Waals surface area contributed by atoms with E-state index in [4.69, 9.17) is 0 Å². The van der Waals surface area contributed by atoms with Crippen molar-refractivity contribution in [1.82, 2.24) is 9.97 Å². The highest BCUT2D eigenvalue weighted by molar-refractivity contribution is 5.90. The van der Waals surface area contributed by atoms with E-state index in [0.717, 1.165) is 6.07 Å². The maximum Gasteiger partial charge on any atom is 0.337 e. The Kier molecular flexibility index (Phi) is 3.09. The van der Waals surface area contributed by atoms with Crippen molar-refractivity contribution in [3.63, 3.8) is 0 Å². The predicted molar refractivity (Wildman–Crippen MR) is 58.8 cm³/mol. The molecule has 1 heterocycles. The smallest absolute Gasteiger partial charge is 0.337 e. The first kappa shape index (κ1) is 11.2. The third-order valence-corrected chi connectivity index (χ3v) is 2.21. The highest BCUT2D eigenvalue weighted by Gasteiger charge is 2.10. The number of nitrogens with zero attached hydrogens (tertiary/aromatic N) is 2. The largest absolute Gasteiger partial charge is 0.465 e. The number of ether oxygens (including phenoxy) is 1. The van der Waals surface area contributed by atoms with Crippen LogP contribution in [0.3, 0.4) is 0 Å². The third kappa shape index (κ3) is 2.44. The summed E-state index contributed by atoms with van der Waals surface area (Å²) < 4.78 is 17.9. The zero-order valence-electron chi connectivity index (χ0n) is 9.05. The van der Waals surface area contributed by atoms with Gasteiger partial charge in [-0.25, -0.2) is 19.2 Å². The quantitative estimate of drug-likeness (QED) is 0.744. The molecule has 2 aromatic rings. The fraction of sp³-hybridized carbons (Fsp3) is 0.0833. The Morgan fingerprint density at radius 2 is 1.88 bits per heavy atom. The van der Waals surface area contributed by atoms with Gasteiger partial charge in [0.15, 0.2) is 0 Å². The molecule has 0 aliphatic rings. The lowest BCUT2D eigenvalue weighted by molar-refractivity contribution is 0.0600. The molecule has 2 rings (SSSR count). The third-order valence-electron chi connectivity index (χ3n) is 2.21. The van der Waals surface area contributed by atoms with Gasteiger partial charge in [-0.05, 0) is 23.8 Å². The predicted octanol–water partition coefficient (Wildman–Crippen LogP) is 2.07. The second-order valence-corrected chi connectivity index (χ2v) is 3.35. The van der Waals surface area contributed by atoms with Crippen molar-refractivity contribution in [1.29, 1.82) is 0 Å². The van der Waals surface area contributed by atoms with Gasteiger partial charge in [-0.15, -0.1) is 0 Å². The Hall–Kier alpha value is -2.30. The van der Waals surface area contributed by atoms with Crippen LogP contribution in [0.15, 0.2) is 36.9 Å². The second kappa shape index (κ2) is 4.69. The van der Waals surface area contributed by atoms with Crippen molar-refractivity contribution in [2.24, 2.45) is 0 Å². The Balaban J connectivity index is 2.49. The van der Waals surface area contributed by atoms with E-state index < -0.39 is 11.8 Å². The molecule has 86 valence electrons. The summed E-state index contributed by atoms with van der Waals surface area (Å²) in [6.07, 6.45) is 4.47. The van der Waals surface area contributed by atoms with E-state index in [0.29, 0.717) is 11.1 Å². The highest BCUT2D eigenvalue weighted by atomic mass is 19.1. The van der Waals surface area contributed by atoms with E-state index in [1.165, 1.54) is 25.6 Å². The number of esters is 1. The molecule has 0 amide bonds. The lowest BCUT2D eigenvalue weighted by Crippen LogP contribution is -2.02. The molecule has 5 heteroatoms. The zero-order chi connectivity index (χ0) is 12.3. The Labute approximate surface area is 97.1 Å². The van der Waals surface area contributed by atoms with Crippen molar-refractivity contribution in [3.8, 4) is 11.1 Å². The van der Waals surface area contributed by atoms with Crippen LogP contribution in [0.4, 0.5) is 4.39 Å². The van der Waals surface area contributed by atoms with E-state index in [9.17, 15) is 9.18 Å². The van der Waals surface area contributed by atoms with Gasteiger partial charge in [-0.3, -0.25) is 0 Å². The van der Waals surface area contributed by atoms with Gasteiger partial charge in [0.2, 0.25) is 0 Å². The average molecular weight is 232 g/mol. The summed E-state index contributed by atoms with van der Waals surface area (Å²) in [4.78, 5) is 19.0. The number of halogens is 1. The Bertz CT molecular complexity index is 543. The molecule has 0 radical (unpaired) electrons. The SMILES string of the molecule is COC(=O)c1cc(F)cc(-c2cncnc2)c1.